The maximum absolute atomic E-state index is 13.3. The van der Waals surface area contributed by atoms with Gasteiger partial charge >= 0.3 is 24.1 Å². The molecule has 4 aliphatic heterocycles. The number of methoxy groups -OCH3 is 1. The lowest BCUT2D eigenvalue weighted by Gasteiger charge is -2.30. The summed E-state index contributed by atoms with van der Waals surface area (Å²) in [6.07, 6.45) is 13.2. The molecule has 12 amide bonds. The maximum atomic E-state index is 13.3. The molecule has 37 nitrogen and oxygen atoms in total. The van der Waals surface area contributed by atoms with Crippen LogP contribution in [0.3, 0.4) is 0 Å². The number of amides is 12. The zero-order valence-corrected chi connectivity index (χ0v) is 70.3. The third kappa shape index (κ3) is 27.0. The fourth-order valence-corrected chi connectivity index (χ4v) is 13.6. The molecule has 0 unspecified atom stereocenters. The molecule has 16 rings (SSSR count). The van der Waals surface area contributed by atoms with E-state index in [0.717, 1.165) is 140 Å². The van der Waals surface area contributed by atoms with Crippen LogP contribution in [0.2, 0.25) is 5.02 Å². The monoisotopic (exact) mass is 1770 g/mol. The summed E-state index contributed by atoms with van der Waals surface area (Å²) in [7, 11) is 1.55. The van der Waals surface area contributed by atoms with Gasteiger partial charge in [-0.05, 0) is 121 Å². The smallest absolute Gasteiger partial charge is 0.324 e. The number of urea groups is 4. The van der Waals surface area contributed by atoms with Crippen LogP contribution in [-0.2, 0) is 0 Å². The summed E-state index contributed by atoms with van der Waals surface area (Å²) in [6, 6.07) is 50.4. The highest BCUT2D eigenvalue weighted by Gasteiger charge is 2.24. The van der Waals surface area contributed by atoms with Crippen LogP contribution in [0.4, 0.5) is 119 Å². The SMILES string of the molecule is COc1cccc(NC(=O)Nc2cccc(C(=O)Nc3cnccc3N3CCNCC3)n2)c1.O=C(Nc1ccc(F)c(F)c1)Nc1cccc(C(=O)Nc2cnccc2N2CCNCC2)n1.O=C(Nc1cccc(C(=O)Nc2cnccc2N2CCNCC2)n1)Nc1ccccc1Cl.O=C(Nc1ccccc1)Nc1cccc(C(=O)Nc2cnccc2N2CCNCC2)n1. The highest BCUT2D eigenvalue weighted by atomic mass is 35.5. The van der Waals surface area contributed by atoms with Crippen LogP contribution in [0.5, 0.6) is 5.75 Å². The van der Waals surface area contributed by atoms with E-state index in [1.165, 1.54) is 18.2 Å². The predicted octanol–water partition coefficient (Wildman–Crippen LogP) is 12.1. The van der Waals surface area contributed by atoms with Gasteiger partial charge < -0.3 is 88.1 Å². The summed E-state index contributed by atoms with van der Waals surface area (Å²) in [4.78, 5) is 143. The number of nitrogens with zero attached hydrogens (tertiary/aromatic N) is 12. The second kappa shape index (κ2) is 46.1. The standard InChI is InChI=1S/C23H25N7O3.C22H22ClN7O2.C22H21F2N7O2.C22H23N7O2/c1-33-17-5-2-4-16(14-17)26-23(32)29-21-7-3-6-18(27-21)22(31)28-19-15-25-9-8-20(19)30-12-10-24-11-13-30;23-15-4-1-2-5-16(15)28-22(32)29-20-7-3-6-17(26-20)21(31)27-18-14-25-9-8-19(18)30-12-10-24-11-13-30;23-15-5-4-14(12-16(15)24)27-22(33)30-20-3-1-2-17(28-20)21(32)29-18-13-26-7-6-19(18)31-10-8-25-9-11-31;30-21(27-18-15-24-10-9-19(18)29-13-11-23-12-14-29)17-7-4-8-20(26-17)28-22(31)25-16-5-2-1-3-6-16/h2-9,14-15,24H,10-13H2,1H3,(H,28,31)(H2,26,27,29,32);1-9,14,24H,10-13H2,(H,27,31)(H2,26,28,29,32);1-7,12-13,25H,8-11H2,(H,29,32)(H2,27,28,30,33);1-10,15,23H,11-14H2,(H,27,30)(H2,25,26,28,31). The summed E-state index contributed by atoms with van der Waals surface area (Å²) in [5.74, 6) is -2.25. The van der Waals surface area contributed by atoms with Crippen LogP contribution in [-0.4, -0.2) is 199 Å². The molecule has 0 radical (unpaired) electrons. The number of aromatic nitrogens is 8. The van der Waals surface area contributed by atoms with Gasteiger partial charge in [-0.2, -0.15) is 0 Å². The molecule has 4 aromatic carbocycles. The van der Waals surface area contributed by atoms with Crippen molar-refractivity contribution in [3.63, 3.8) is 0 Å². The first-order valence-corrected chi connectivity index (χ1v) is 41.2. The first kappa shape index (κ1) is 90.7. The minimum atomic E-state index is -1.08. The molecule has 0 atom stereocenters. The predicted molar refractivity (Wildman–Crippen MR) is 494 cm³/mol. The Bertz CT molecular complexity index is 5890. The fraction of sp³-hybridized carbons (Fsp3) is 0.191. The molecule has 4 saturated heterocycles. The summed E-state index contributed by atoms with van der Waals surface area (Å²) >= 11 is 6.06. The zero-order valence-electron chi connectivity index (χ0n) is 69.6. The lowest BCUT2D eigenvalue weighted by molar-refractivity contribution is 0.101. The highest BCUT2D eigenvalue weighted by Crippen LogP contribution is 2.31. The van der Waals surface area contributed by atoms with Crippen molar-refractivity contribution in [2.75, 3.05) is 195 Å². The molecular formula is C89H91ClF2N28O9. The molecular weight excluding hydrogens is 1680 g/mol. The molecule has 0 spiro atoms. The van der Waals surface area contributed by atoms with Crippen molar-refractivity contribution in [1.29, 1.82) is 0 Å². The number of hydrogen-bond acceptors (Lipinski definition) is 25. The van der Waals surface area contributed by atoms with E-state index in [1.54, 1.807) is 178 Å². The molecule has 40 heteroatoms. The van der Waals surface area contributed by atoms with Gasteiger partial charge in [0.15, 0.2) is 11.6 Å². The van der Waals surface area contributed by atoms with Crippen molar-refractivity contribution in [2.24, 2.45) is 0 Å². The van der Waals surface area contributed by atoms with Crippen LogP contribution in [0.1, 0.15) is 42.0 Å². The van der Waals surface area contributed by atoms with Crippen LogP contribution < -0.4 is 109 Å². The summed E-state index contributed by atoms with van der Waals surface area (Å²) in [5, 5.41) is 45.9. The largest absolute Gasteiger partial charge is 0.497 e. The number of halogens is 3. The summed E-state index contributed by atoms with van der Waals surface area (Å²) in [6.45, 7) is 13.6. The van der Waals surface area contributed by atoms with Gasteiger partial charge in [0.25, 0.3) is 23.6 Å². The van der Waals surface area contributed by atoms with Crippen molar-refractivity contribution >= 4 is 151 Å². The lowest BCUT2D eigenvalue weighted by Crippen LogP contribution is -2.43. The van der Waals surface area contributed by atoms with E-state index in [9.17, 15) is 47.1 Å². The summed E-state index contributed by atoms with van der Waals surface area (Å²) < 4.78 is 31.5. The Labute approximate surface area is 744 Å². The van der Waals surface area contributed by atoms with Crippen LogP contribution in [0.25, 0.3) is 0 Å². The van der Waals surface area contributed by atoms with E-state index < -0.39 is 53.5 Å². The minimum absolute atomic E-state index is 0.0670. The van der Waals surface area contributed by atoms with Gasteiger partial charge in [-0.25, -0.2) is 47.9 Å². The molecule has 8 aromatic heterocycles. The number of piperazine rings is 4. The number of carbonyl (C=O) groups is 8. The van der Waals surface area contributed by atoms with Gasteiger partial charge in [-0.3, -0.25) is 60.4 Å². The van der Waals surface area contributed by atoms with Gasteiger partial charge in [0.2, 0.25) is 0 Å². The van der Waals surface area contributed by atoms with E-state index in [2.05, 4.69) is 145 Å². The Morgan fingerprint density at radius 1 is 0.310 bits per heavy atom. The first-order valence-electron chi connectivity index (χ1n) is 40.8. The molecule has 4 aliphatic rings. The number of carbonyl (C=O) groups excluding carboxylic acids is 8. The molecule has 0 saturated carbocycles. The van der Waals surface area contributed by atoms with Crippen LogP contribution >= 0.6 is 11.6 Å². The average molecular weight is 1770 g/mol. The van der Waals surface area contributed by atoms with Crippen molar-refractivity contribution in [3.05, 3.63) is 283 Å². The van der Waals surface area contributed by atoms with Crippen molar-refractivity contribution < 1.29 is 51.9 Å². The van der Waals surface area contributed by atoms with Gasteiger partial charge in [0.1, 0.15) is 51.8 Å². The first-order chi connectivity index (χ1) is 62.9. The molecule has 16 N–H and O–H groups in total. The van der Waals surface area contributed by atoms with E-state index in [4.69, 9.17) is 16.3 Å². The van der Waals surface area contributed by atoms with E-state index >= 15 is 0 Å². The normalized spacial score (nSPS) is 13.3. The Balaban J connectivity index is 0.000000147. The van der Waals surface area contributed by atoms with E-state index in [1.807, 2.05) is 42.5 Å². The van der Waals surface area contributed by atoms with Crippen molar-refractivity contribution in [3.8, 4) is 5.75 Å². The van der Waals surface area contributed by atoms with Gasteiger partial charge in [0.05, 0.1) is 88.1 Å². The van der Waals surface area contributed by atoms with Crippen LogP contribution in [0, 0.1) is 11.6 Å². The van der Waals surface area contributed by atoms with Gasteiger partial charge in [0, 0.05) is 159 Å². The van der Waals surface area contributed by atoms with Crippen molar-refractivity contribution in [1.82, 2.24) is 61.1 Å². The second-order valence-corrected chi connectivity index (χ2v) is 28.9. The van der Waals surface area contributed by atoms with Gasteiger partial charge in [-0.15, -0.1) is 0 Å². The fourth-order valence-electron chi connectivity index (χ4n) is 13.4. The Morgan fingerprint density at radius 2 is 0.620 bits per heavy atom. The zero-order chi connectivity index (χ0) is 90.1. The molecule has 0 aliphatic carbocycles. The van der Waals surface area contributed by atoms with Gasteiger partial charge in [-0.1, -0.05) is 72.3 Å². The molecule has 12 heterocycles. The van der Waals surface area contributed by atoms with Crippen LogP contribution in [0.15, 0.2) is 244 Å². The second-order valence-electron chi connectivity index (χ2n) is 28.5. The molecule has 12 aromatic rings. The number of rotatable bonds is 21. The number of anilines is 16. The van der Waals surface area contributed by atoms with E-state index in [0.29, 0.717) is 50.6 Å². The summed E-state index contributed by atoms with van der Waals surface area (Å²) in [5.41, 5.74) is 8.35. The van der Waals surface area contributed by atoms with E-state index in [-0.39, 0.29) is 57.6 Å². The minimum Gasteiger partial charge on any atom is -0.497 e. The molecule has 662 valence electrons. The number of para-hydroxylation sites is 2. The third-order valence-corrected chi connectivity index (χ3v) is 19.9. The number of nitrogens with one attached hydrogen (secondary N) is 16. The number of hydrogen-bond donors (Lipinski definition) is 16. The number of ether oxygens (including phenoxy) is 1. The number of benzene rings is 4. The average Bonchev–Trinajstić information content (AvgIpc) is 0.835. The molecule has 4 fully saturated rings. The Kier molecular flexibility index (Phi) is 32.5. The number of pyridine rings is 8. The van der Waals surface area contributed by atoms with Crippen molar-refractivity contribution in [2.45, 2.75) is 0 Å². The topological polar surface area (TPSA) is 454 Å². The quantitative estimate of drug-likeness (QED) is 0.0318. The molecule has 129 heavy (non-hydrogen) atoms. The Morgan fingerprint density at radius 3 is 0.961 bits per heavy atom. The molecule has 0 bridgehead atoms. The third-order valence-electron chi connectivity index (χ3n) is 19.6. The Hall–Kier alpha value is -16.0. The lowest BCUT2D eigenvalue weighted by atomic mass is 10.2. The maximum Gasteiger partial charge on any atom is 0.324 e. The highest BCUT2D eigenvalue weighted by molar-refractivity contribution is 6.33.